The number of hydrogen-bond acceptors (Lipinski definition) is 6. The summed E-state index contributed by atoms with van der Waals surface area (Å²) in [6, 6.07) is 7.22. The number of ether oxygens (including phenoxy) is 1. The average Bonchev–Trinajstić information content (AvgIpc) is 2.71. The van der Waals surface area contributed by atoms with Crippen LogP contribution in [0.25, 0.3) is 0 Å². The van der Waals surface area contributed by atoms with E-state index >= 15 is 0 Å². The van der Waals surface area contributed by atoms with Crippen molar-refractivity contribution in [2.75, 3.05) is 37.7 Å². The molecule has 8 heteroatoms. The first-order valence-corrected chi connectivity index (χ1v) is 9.69. The highest BCUT2D eigenvalue weighted by Crippen LogP contribution is 2.23. The SMILES string of the molecule is Cc1cc(C)c(C)c(OCCC(=O)N2CCN(c3ccc([N+](=O)[O-])cn3)CC2)c1. The normalized spacial score (nSPS) is 14.0. The van der Waals surface area contributed by atoms with E-state index in [4.69, 9.17) is 4.74 Å². The van der Waals surface area contributed by atoms with E-state index in [0.29, 0.717) is 45.0 Å². The Balaban J connectivity index is 1.47. The third-order valence-electron chi connectivity index (χ3n) is 5.24. The molecule has 0 unspecified atom stereocenters. The molecular weight excluding hydrogens is 372 g/mol. The maximum absolute atomic E-state index is 12.5. The van der Waals surface area contributed by atoms with Gasteiger partial charge in [-0.3, -0.25) is 14.9 Å². The summed E-state index contributed by atoms with van der Waals surface area (Å²) >= 11 is 0. The van der Waals surface area contributed by atoms with Crippen LogP contribution in [-0.2, 0) is 4.79 Å². The van der Waals surface area contributed by atoms with Gasteiger partial charge in [-0.2, -0.15) is 0 Å². The van der Waals surface area contributed by atoms with E-state index in [-0.39, 0.29) is 11.6 Å². The molecule has 0 bridgehead atoms. The lowest BCUT2D eigenvalue weighted by Gasteiger charge is -2.35. The van der Waals surface area contributed by atoms with Gasteiger partial charge >= 0.3 is 0 Å². The molecule has 0 spiro atoms. The number of hydrogen-bond donors (Lipinski definition) is 0. The molecule has 1 aromatic carbocycles. The van der Waals surface area contributed by atoms with Crippen LogP contribution in [0.3, 0.4) is 0 Å². The summed E-state index contributed by atoms with van der Waals surface area (Å²) in [7, 11) is 0. The minimum Gasteiger partial charge on any atom is -0.493 e. The highest BCUT2D eigenvalue weighted by atomic mass is 16.6. The smallest absolute Gasteiger partial charge is 0.287 e. The molecule has 8 nitrogen and oxygen atoms in total. The van der Waals surface area contributed by atoms with Gasteiger partial charge in [0.15, 0.2) is 0 Å². The predicted octanol–water partition coefficient (Wildman–Crippen LogP) is 3.03. The first kappa shape index (κ1) is 20.6. The first-order valence-electron chi connectivity index (χ1n) is 9.69. The van der Waals surface area contributed by atoms with Crippen LogP contribution < -0.4 is 9.64 Å². The van der Waals surface area contributed by atoms with Gasteiger partial charge in [0, 0.05) is 32.2 Å². The van der Waals surface area contributed by atoms with Gasteiger partial charge in [-0.25, -0.2) is 4.98 Å². The molecule has 0 atom stereocenters. The molecule has 1 aliphatic rings. The standard InChI is InChI=1S/C21H26N4O4/c1-15-12-16(2)17(3)19(13-15)29-11-6-21(26)24-9-7-23(8-10-24)20-5-4-18(14-22-20)25(27)28/h4-5,12-14H,6-11H2,1-3H3. The van der Waals surface area contributed by atoms with Crippen molar-refractivity contribution in [2.45, 2.75) is 27.2 Å². The predicted molar refractivity (Wildman–Crippen MR) is 110 cm³/mol. The number of carbonyl (C=O) groups is 1. The maximum Gasteiger partial charge on any atom is 0.287 e. The number of benzene rings is 1. The number of nitro groups is 1. The fraction of sp³-hybridized carbons (Fsp3) is 0.429. The van der Waals surface area contributed by atoms with Gasteiger partial charge in [-0.15, -0.1) is 0 Å². The molecule has 29 heavy (non-hydrogen) atoms. The summed E-state index contributed by atoms with van der Waals surface area (Å²) < 4.78 is 5.86. The number of nitrogens with zero attached hydrogens (tertiary/aromatic N) is 4. The molecular formula is C21H26N4O4. The van der Waals surface area contributed by atoms with Crippen LogP contribution in [0.15, 0.2) is 30.5 Å². The molecule has 0 N–H and O–H groups in total. The molecule has 1 saturated heterocycles. The van der Waals surface area contributed by atoms with Crippen molar-refractivity contribution in [1.29, 1.82) is 0 Å². The minimum atomic E-state index is -0.463. The second-order valence-corrected chi connectivity index (χ2v) is 7.30. The lowest BCUT2D eigenvalue weighted by Crippen LogP contribution is -2.49. The van der Waals surface area contributed by atoms with Gasteiger partial charge in [0.1, 0.15) is 17.8 Å². The Bertz CT molecular complexity index is 890. The molecule has 2 aromatic rings. The molecule has 3 rings (SSSR count). The second kappa shape index (κ2) is 8.89. The Labute approximate surface area is 170 Å². The van der Waals surface area contributed by atoms with E-state index in [1.54, 1.807) is 6.07 Å². The van der Waals surface area contributed by atoms with Crippen molar-refractivity contribution >= 4 is 17.4 Å². The molecule has 1 amide bonds. The van der Waals surface area contributed by atoms with Crippen molar-refractivity contribution in [3.05, 3.63) is 57.3 Å². The first-order chi connectivity index (χ1) is 13.8. The van der Waals surface area contributed by atoms with Crippen molar-refractivity contribution < 1.29 is 14.5 Å². The number of amides is 1. The van der Waals surface area contributed by atoms with Gasteiger partial charge in [0.05, 0.1) is 18.0 Å². The molecule has 2 heterocycles. The number of aryl methyl sites for hydroxylation is 2. The van der Waals surface area contributed by atoms with Crippen LogP contribution in [-0.4, -0.2) is 53.5 Å². The van der Waals surface area contributed by atoms with Crippen LogP contribution in [0.2, 0.25) is 0 Å². The Kier molecular flexibility index (Phi) is 6.31. The summed E-state index contributed by atoms with van der Waals surface area (Å²) in [6.45, 7) is 8.95. The van der Waals surface area contributed by atoms with E-state index in [1.165, 1.54) is 17.8 Å². The molecule has 0 radical (unpaired) electrons. The Morgan fingerprint density at radius 2 is 1.90 bits per heavy atom. The molecule has 0 saturated carbocycles. The van der Waals surface area contributed by atoms with E-state index in [2.05, 4.69) is 18.0 Å². The zero-order valence-electron chi connectivity index (χ0n) is 17.1. The van der Waals surface area contributed by atoms with Crippen molar-refractivity contribution in [3.8, 4) is 5.75 Å². The van der Waals surface area contributed by atoms with Crippen LogP contribution in [0.4, 0.5) is 11.5 Å². The van der Waals surface area contributed by atoms with Crippen molar-refractivity contribution in [2.24, 2.45) is 0 Å². The van der Waals surface area contributed by atoms with Crippen LogP contribution in [0, 0.1) is 30.9 Å². The van der Waals surface area contributed by atoms with E-state index < -0.39 is 4.92 Å². The number of carbonyl (C=O) groups excluding carboxylic acids is 1. The Hall–Kier alpha value is -3.16. The molecule has 0 aliphatic carbocycles. The molecule has 1 aromatic heterocycles. The van der Waals surface area contributed by atoms with Gasteiger partial charge in [-0.05, 0) is 49.6 Å². The number of piperazine rings is 1. The summed E-state index contributed by atoms with van der Waals surface area (Å²) in [5.74, 6) is 1.60. The highest BCUT2D eigenvalue weighted by Gasteiger charge is 2.22. The lowest BCUT2D eigenvalue weighted by molar-refractivity contribution is -0.385. The summed E-state index contributed by atoms with van der Waals surface area (Å²) in [5, 5.41) is 10.7. The number of pyridine rings is 1. The van der Waals surface area contributed by atoms with E-state index in [1.807, 2.05) is 29.7 Å². The van der Waals surface area contributed by atoms with E-state index in [9.17, 15) is 14.9 Å². The zero-order valence-corrected chi connectivity index (χ0v) is 17.1. The van der Waals surface area contributed by atoms with Gasteiger partial charge < -0.3 is 14.5 Å². The second-order valence-electron chi connectivity index (χ2n) is 7.30. The topological polar surface area (TPSA) is 88.8 Å². The number of rotatable bonds is 6. The summed E-state index contributed by atoms with van der Waals surface area (Å²) in [4.78, 5) is 30.8. The zero-order chi connectivity index (χ0) is 21.0. The third-order valence-corrected chi connectivity index (χ3v) is 5.24. The molecule has 1 fully saturated rings. The highest BCUT2D eigenvalue weighted by molar-refractivity contribution is 5.76. The van der Waals surface area contributed by atoms with Crippen molar-refractivity contribution in [3.63, 3.8) is 0 Å². The monoisotopic (exact) mass is 398 g/mol. The lowest BCUT2D eigenvalue weighted by atomic mass is 10.1. The van der Waals surface area contributed by atoms with Crippen LogP contribution >= 0.6 is 0 Å². The summed E-state index contributed by atoms with van der Waals surface area (Å²) in [6.07, 6.45) is 1.60. The molecule has 154 valence electrons. The van der Waals surface area contributed by atoms with Crippen molar-refractivity contribution in [1.82, 2.24) is 9.88 Å². The third kappa shape index (κ3) is 5.01. The van der Waals surface area contributed by atoms with Gasteiger partial charge in [0.25, 0.3) is 5.69 Å². The van der Waals surface area contributed by atoms with Gasteiger partial charge in [-0.1, -0.05) is 6.07 Å². The van der Waals surface area contributed by atoms with Crippen LogP contribution in [0.5, 0.6) is 5.75 Å². The van der Waals surface area contributed by atoms with E-state index in [0.717, 1.165) is 16.9 Å². The number of anilines is 1. The largest absolute Gasteiger partial charge is 0.493 e. The fourth-order valence-electron chi connectivity index (χ4n) is 3.42. The molecule has 1 aliphatic heterocycles. The minimum absolute atomic E-state index is 0.0263. The van der Waals surface area contributed by atoms with Crippen LogP contribution in [0.1, 0.15) is 23.1 Å². The fourth-order valence-corrected chi connectivity index (χ4v) is 3.42. The quantitative estimate of drug-likeness (QED) is 0.549. The number of aromatic nitrogens is 1. The average molecular weight is 398 g/mol. The Morgan fingerprint density at radius 3 is 2.52 bits per heavy atom. The van der Waals surface area contributed by atoms with Gasteiger partial charge in [0.2, 0.25) is 5.91 Å². The maximum atomic E-state index is 12.5. The summed E-state index contributed by atoms with van der Waals surface area (Å²) in [5.41, 5.74) is 3.40. The Morgan fingerprint density at radius 1 is 1.17 bits per heavy atom.